The first-order valence-corrected chi connectivity index (χ1v) is 11.5. The molecule has 0 saturated carbocycles. The van der Waals surface area contributed by atoms with E-state index in [-0.39, 0.29) is 31.3 Å². The maximum Gasteiger partial charge on any atom is 0.312 e. The van der Waals surface area contributed by atoms with Crippen molar-refractivity contribution in [3.8, 4) is 0 Å². The van der Waals surface area contributed by atoms with Crippen LogP contribution >= 0.6 is 11.8 Å². The molecule has 0 radical (unpaired) electrons. The minimum Gasteiger partial charge on any atom is -0.466 e. The van der Waals surface area contributed by atoms with Crippen molar-refractivity contribution in [1.82, 2.24) is 15.4 Å². The molecule has 2 aromatic rings. The number of esters is 2. The van der Waals surface area contributed by atoms with Crippen LogP contribution in [0, 0.1) is 19.8 Å². The third-order valence-electron chi connectivity index (χ3n) is 5.32. The molecule has 2 N–H and O–H groups in total. The van der Waals surface area contributed by atoms with Crippen molar-refractivity contribution in [3.05, 3.63) is 35.0 Å². The number of carbonyl (C=O) groups is 4. The number of fused-ring (bicyclic) bond motifs is 1. The number of nitrogens with one attached hydrogen (secondary N) is 2. The number of ether oxygens (including phenoxy) is 2. The van der Waals surface area contributed by atoms with Gasteiger partial charge in [-0.15, -0.1) is 11.8 Å². The molecule has 32 heavy (non-hydrogen) atoms. The number of aromatic amines is 1. The first kappa shape index (κ1) is 23.6. The van der Waals surface area contributed by atoms with E-state index in [1.54, 1.807) is 26.0 Å². The number of rotatable bonds is 8. The van der Waals surface area contributed by atoms with E-state index in [9.17, 15) is 19.2 Å². The molecule has 0 aliphatic carbocycles. The molecule has 10 heteroatoms. The summed E-state index contributed by atoms with van der Waals surface area (Å²) < 4.78 is 10.1. The minimum atomic E-state index is -0.970. The first-order valence-electron chi connectivity index (χ1n) is 10.4. The van der Waals surface area contributed by atoms with Crippen LogP contribution in [-0.2, 0) is 23.9 Å². The number of nitrogens with zero attached hydrogens (tertiary/aromatic N) is 1. The van der Waals surface area contributed by atoms with E-state index < -0.39 is 29.1 Å². The van der Waals surface area contributed by atoms with Gasteiger partial charge in [-0.1, -0.05) is 0 Å². The van der Waals surface area contributed by atoms with Crippen molar-refractivity contribution >= 4 is 46.4 Å². The van der Waals surface area contributed by atoms with Crippen LogP contribution in [-0.4, -0.2) is 58.1 Å². The third kappa shape index (κ3) is 4.90. The highest BCUT2D eigenvalue weighted by atomic mass is 32.2. The highest BCUT2D eigenvalue weighted by Crippen LogP contribution is 2.33. The predicted octanol–water partition coefficient (Wildman–Crippen LogP) is 2.46. The van der Waals surface area contributed by atoms with Crippen molar-refractivity contribution in [2.24, 2.45) is 5.92 Å². The summed E-state index contributed by atoms with van der Waals surface area (Å²) >= 11 is 1.17. The fourth-order valence-corrected chi connectivity index (χ4v) is 4.80. The van der Waals surface area contributed by atoms with Crippen LogP contribution in [0.3, 0.4) is 0 Å². The van der Waals surface area contributed by atoms with E-state index in [0.29, 0.717) is 5.56 Å². The molecular weight excluding hydrogens is 434 g/mol. The SMILES string of the molecule is CCOC(=O)C[C@@H](C(=O)OCC)[C@@H]1SCC(=O)N1NC(=O)c1ccc2[nH]c(C)c(C)c2c1. The second-order valence-electron chi connectivity index (χ2n) is 7.41. The Kier molecular flexibility index (Phi) is 7.44. The molecular formula is C22H27N3O6S. The first-order chi connectivity index (χ1) is 15.3. The maximum absolute atomic E-state index is 13.0. The Morgan fingerprint density at radius 1 is 1.22 bits per heavy atom. The quantitative estimate of drug-likeness (QED) is 0.580. The summed E-state index contributed by atoms with van der Waals surface area (Å²) in [6.45, 7) is 7.55. The number of aryl methyl sites for hydroxylation is 2. The van der Waals surface area contributed by atoms with Gasteiger partial charge in [0.05, 0.1) is 31.3 Å². The van der Waals surface area contributed by atoms with Gasteiger partial charge in [0, 0.05) is 22.2 Å². The van der Waals surface area contributed by atoms with E-state index >= 15 is 0 Å². The minimum absolute atomic E-state index is 0.0683. The highest BCUT2D eigenvalue weighted by Gasteiger charge is 2.43. The fraction of sp³-hybridized carbons (Fsp3) is 0.455. The van der Waals surface area contributed by atoms with Gasteiger partial charge in [0.15, 0.2) is 0 Å². The van der Waals surface area contributed by atoms with Crippen LogP contribution in [0.15, 0.2) is 18.2 Å². The summed E-state index contributed by atoms with van der Waals surface area (Å²) in [6.07, 6.45) is -0.252. The van der Waals surface area contributed by atoms with Crippen LogP contribution in [0.2, 0.25) is 0 Å². The van der Waals surface area contributed by atoms with E-state index in [0.717, 1.165) is 27.2 Å². The molecule has 2 atom stereocenters. The Labute approximate surface area is 190 Å². The summed E-state index contributed by atoms with van der Waals surface area (Å²) in [4.78, 5) is 53.4. The Balaban J connectivity index is 1.83. The Morgan fingerprint density at radius 3 is 2.62 bits per heavy atom. The van der Waals surface area contributed by atoms with E-state index in [2.05, 4.69) is 10.4 Å². The number of H-pyrrole nitrogens is 1. The molecule has 2 heterocycles. The van der Waals surface area contributed by atoms with Crippen LogP contribution < -0.4 is 5.43 Å². The van der Waals surface area contributed by atoms with Gasteiger partial charge in [0.1, 0.15) is 5.37 Å². The van der Waals surface area contributed by atoms with Crippen molar-refractivity contribution in [2.45, 2.75) is 39.5 Å². The lowest BCUT2D eigenvalue weighted by atomic mass is 10.1. The summed E-state index contributed by atoms with van der Waals surface area (Å²) in [5.74, 6) is -2.93. The number of hydrogen-bond donors (Lipinski definition) is 2. The smallest absolute Gasteiger partial charge is 0.312 e. The van der Waals surface area contributed by atoms with Gasteiger partial charge in [-0.05, 0) is 51.5 Å². The second kappa shape index (κ2) is 10.1. The van der Waals surface area contributed by atoms with Crippen molar-refractivity contribution in [3.63, 3.8) is 0 Å². The van der Waals surface area contributed by atoms with Gasteiger partial charge in [-0.2, -0.15) is 0 Å². The van der Waals surface area contributed by atoms with E-state index in [4.69, 9.17) is 9.47 Å². The molecule has 1 aliphatic rings. The van der Waals surface area contributed by atoms with E-state index in [1.165, 1.54) is 11.8 Å². The van der Waals surface area contributed by atoms with Gasteiger partial charge in [0.25, 0.3) is 11.8 Å². The number of aromatic nitrogens is 1. The lowest BCUT2D eigenvalue weighted by molar-refractivity contribution is -0.157. The van der Waals surface area contributed by atoms with Gasteiger partial charge < -0.3 is 14.5 Å². The highest BCUT2D eigenvalue weighted by molar-refractivity contribution is 8.01. The second-order valence-corrected chi connectivity index (χ2v) is 8.51. The summed E-state index contributed by atoms with van der Waals surface area (Å²) in [5, 5.41) is 1.27. The van der Waals surface area contributed by atoms with Crippen molar-refractivity contribution in [1.29, 1.82) is 0 Å². The predicted molar refractivity (Wildman–Crippen MR) is 120 cm³/mol. The molecule has 9 nitrogen and oxygen atoms in total. The Bertz CT molecular complexity index is 1050. The average molecular weight is 462 g/mol. The van der Waals surface area contributed by atoms with Crippen molar-refractivity contribution < 1.29 is 28.7 Å². The van der Waals surface area contributed by atoms with Gasteiger partial charge >= 0.3 is 11.9 Å². The van der Waals surface area contributed by atoms with Gasteiger partial charge in [0.2, 0.25) is 0 Å². The molecule has 0 bridgehead atoms. The third-order valence-corrected chi connectivity index (χ3v) is 6.61. The topological polar surface area (TPSA) is 118 Å². The van der Waals surface area contributed by atoms with Gasteiger partial charge in [-0.25, -0.2) is 5.01 Å². The van der Waals surface area contributed by atoms with Crippen LogP contribution in [0.1, 0.15) is 41.9 Å². The standard InChI is InChI=1S/C22H27N3O6S/c1-5-30-19(27)10-16(22(29)31-6-2)21-25(18(26)11-32-21)24-20(28)14-7-8-17-15(9-14)12(3)13(4)23-17/h7-9,16,21,23H,5-6,10-11H2,1-4H3,(H,24,28)/t16-,21+/m1/s1. The molecule has 1 aromatic carbocycles. The van der Waals surface area contributed by atoms with Crippen LogP contribution in [0.5, 0.6) is 0 Å². The molecule has 1 aliphatic heterocycles. The number of hydrogen-bond acceptors (Lipinski definition) is 7. The zero-order chi connectivity index (χ0) is 23.4. The number of carbonyl (C=O) groups excluding carboxylic acids is 4. The zero-order valence-corrected chi connectivity index (χ0v) is 19.3. The molecule has 0 spiro atoms. The molecule has 2 amide bonds. The lowest BCUT2D eigenvalue weighted by Crippen LogP contribution is -2.51. The van der Waals surface area contributed by atoms with Crippen LogP contribution in [0.4, 0.5) is 0 Å². The zero-order valence-electron chi connectivity index (χ0n) is 18.5. The molecule has 3 rings (SSSR count). The molecule has 1 aromatic heterocycles. The van der Waals surface area contributed by atoms with Crippen molar-refractivity contribution in [2.75, 3.05) is 19.0 Å². The Hall–Kier alpha value is -3.01. The van der Waals surface area contributed by atoms with Crippen LogP contribution in [0.25, 0.3) is 10.9 Å². The molecule has 1 fully saturated rings. The lowest BCUT2D eigenvalue weighted by Gasteiger charge is -2.29. The van der Waals surface area contributed by atoms with Gasteiger partial charge in [-0.3, -0.25) is 24.6 Å². The summed E-state index contributed by atoms with van der Waals surface area (Å²) in [5.41, 5.74) is 5.97. The summed E-state index contributed by atoms with van der Waals surface area (Å²) in [6, 6.07) is 5.23. The molecule has 0 unspecified atom stereocenters. The molecule has 1 saturated heterocycles. The molecule has 172 valence electrons. The normalized spacial score (nSPS) is 16.8. The Morgan fingerprint density at radius 2 is 1.94 bits per heavy atom. The average Bonchev–Trinajstić information content (AvgIpc) is 3.25. The number of amides is 2. The number of thioether (sulfide) groups is 1. The number of hydrazine groups is 1. The maximum atomic E-state index is 13.0. The number of benzene rings is 1. The monoisotopic (exact) mass is 461 g/mol. The summed E-state index contributed by atoms with van der Waals surface area (Å²) in [7, 11) is 0. The largest absolute Gasteiger partial charge is 0.466 e. The van der Waals surface area contributed by atoms with E-state index in [1.807, 2.05) is 19.9 Å². The fourth-order valence-electron chi connectivity index (χ4n) is 3.59.